The molecule has 7 nitrogen and oxygen atoms in total. The van der Waals surface area contributed by atoms with Crippen molar-refractivity contribution in [3.63, 3.8) is 0 Å². The maximum Gasteiger partial charge on any atom is 0.224 e. The van der Waals surface area contributed by atoms with E-state index in [-0.39, 0.29) is 11.7 Å². The number of aromatic amines is 1. The lowest BCUT2D eigenvalue weighted by atomic mass is 10.2. The van der Waals surface area contributed by atoms with Crippen LogP contribution in [0, 0.1) is 10.6 Å². The first-order chi connectivity index (χ1) is 16.5. The molecule has 1 fully saturated rings. The lowest BCUT2D eigenvalue weighted by Gasteiger charge is -2.22. The van der Waals surface area contributed by atoms with Crippen molar-refractivity contribution in [3.8, 4) is 17.1 Å². The molecule has 0 aliphatic carbocycles. The number of ether oxygens (including phenoxy) is 1. The van der Waals surface area contributed by atoms with E-state index in [0.29, 0.717) is 36.7 Å². The summed E-state index contributed by atoms with van der Waals surface area (Å²) in [5.74, 6) is 1.41. The molecule has 0 radical (unpaired) electrons. The van der Waals surface area contributed by atoms with Crippen molar-refractivity contribution in [3.05, 3.63) is 64.7 Å². The van der Waals surface area contributed by atoms with Gasteiger partial charge in [-0.1, -0.05) is 12.1 Å². The summed E-state index contributed by atoms with van der Waals surface area (Å²) in [6.07, 6.45) is 1.27. The maximum absolute atomic E-state index is 13.2. The predicted molar refractivity (Wildman–Crippen MR) is 132 cm³/mol. The molecule has 0 bridgehead atoms. The minimum atomic E-state index is -0.222. The van der Waals surface area contributed by atoms with Crippen molar-refractivity contribution in [2.24, 2.45) is 0 Å². The lowest BCUT2D eigenvalue weighted by molar-refractivity contribution is -0.131. The second kappa shape index (κ2) is 11.4. The van der Waals surface area contributed by atoms with Gasteiger partial charge in [0.1, 0.15) is 11.6 Å². The number of amides is 1. The van der Waals surface area contributed by atoms with Crippen LogP contribution in [0.3, 0.4) is 0 Å². The van der Waals surface area contributed by atoms with Crippen LogP contribution in [0.5, 0.6) is 5.75 Å². The van der Waals surface area contributed by atoms with Crippen LogP contribution in [0.15, 0.2) is 48.5 Å². The quantitative estimate of drug-likeness (QED) is 0.485. The third-order valence-corrected chi connectivity index (χ3v) is 6.30. The molecule has 1 aliphatic rings. The van der Waals surface area contributed by atoms with E-state index >= 15 is 0 Å². The Hall–Kier alpha value is -3.04. The average Bonchev–Trinajstić information content (AvgIpc) is 3.05. The Balaban J connectivity index is 1.33. The normalized spacial score (nSPS) is 14.7. The van der Waals surface area contributed by atoms with Gasteiger partial charge in [-0.05, 0) is 67.5 Å². The summed E-state index contributed by atoms with van der Waals surface area (Å²) in [7, 11) is 0. The highest BCUT2D eigenvalue weighted by molar-refractivity contribution is 7.71. The Labute approximate surface area is 204 Å². The number of carbonyl (C=O) groups is 1. The third kappa shape index (κ3) is 6.09. The van der Waals surface area contributed by atoms with Gasteiger partial charge in [0.05, 0.1) is 6.61 Å². The molecule has 2 aromatic carbocycles. The zero-order valence-corrected chi connectivity index (χ0v) is 20.2. The average molecular weight is 484 g/mol. The number of rotatable bonds is 8. The fraction of sp³-hybridized carbons (Fsp3) is 0.400. The minimum Gasteiger partial charge on any atom is -0.494 e. The van der Waals surface area contributed by atoms with E-state index in [2.05, 4.69) is 15.1 Å². The zero-order valence-electron chi connectivity index (χ0n) is 19.4. The Morgan fingerprint density at radius 1 is 1.09 bits per heavy atom. The van der Waals surface area contributed by atoms with Crippen LogP contribution in [0.4, 0.5) is 4.39 Å². The summed E-state index contributed by atoms with van der Waals surface area (Å²) in [6.45, 7) is 6.92. The molecule has 3 aromatic rings. The summed E-state index contributed by atoms with van der Waals surface area (Å²) in [4.78, 5) is 17.2. The van der Waals surface area contributed by atoms with Crippen LogP contribution in [0.2, 0.25) is 0 Å². The number of carbonyl (C=O) groups excluding carboxylic acids is 1. The van der Waals surface area contributed by atoms with Gasteiger partial charge < -0.3 is 9.64 Å². The van der Waals surface area contributed by atoms with E-state index in [4.69, 9.17) is 17.0 Å². The summed E-state index contributed by atoms with van der Waals surface area (Å²) in [5, 5.41) is 7.22. The smallest absolute Gasteiger partial charge is 0.224 e. The fourth-order valence-electron chi connectivity index (χ4n) is 4.20. The largest absolute Gasteiger partial charge is 0.494 e. The van der Waals surface area contributed by atoms with Crippen LogP contribution in [-0.4, -0.2) is 63.3 Å². The molecule has 0 saturated carbocycles. The molecule has 1 aliphatic heterocycles. The SMILES string of the molecule is CCOc1ccc(-c2n[nH]c(=S)n2CCC(=O)N2CCCN(Cc3ccc(F)cc3)CC2)cc1. The Morgan fingerprint density at radius 2 is 1.85 bits per heavy atom. The third-order valence-electron chi connectivity index (χ3n) is 5.99. The molecule has 0 unspecified atom stereocenters. The van der Waals surface area contributed by atoms with Crippen LogP contribution in [0.25, 0.3) is 11.4 Å². The van der Waals surface area contributed by atoms with Gasteiger partial charge in [-0.3, -0.25) is 19.4 Å². The zero-order chi connectivity index (χ0) is 23.9. The van der Waals surface area contributed by atoms with Crippen molar-refractivity contribution in [2.45, 2.75) is 32.9 Å². The summed E-state index contributed by atoms with van der Waals surface area (Å²) >= 11 is 5.42. The van der Waals surface area contributed by atoms with Crippen molar-refractivity contribution in [1.29, 1.82) is 0 Å². The van der Waals surface area contributed by atoms with E-state index in [1.165, 1.54) is 12.1 Å². The molecular weight excluding hydrogens is 453 g/mol. The molecule has 4 rings (SSSR count). The van der Waals surface area contributed by atoms with Gasteiger partial charge in [0.2, 0.25) is 5.91 Å². The van der Waals surface area contributed by atoms with Gasteiger partial charge in [0.15, 0.2) is 10.6 Å². The van der Waals surface area contributed by atoms with Crippen LogP contribution < -0.4 is 4.74 Å². The molecule has 180 valence electrons. The number of nitrogens with one attached hydrogen (secondary N) is 1. The maximum atomic E-state index is 13.2. The molecule has 34 heavy (non-hydrogen) atoms. The van der Waals surface area contributed by atoms with Crippen molar-refractivity contribution in [2.75, 3.05) is 32.8 Å². The summed E-state index contributed by atoms with van der Waals surface area (Å²) in [6, 6.07) is 14.3. The number of benzene rings is 2. The van der Waals surface area contributed by atoms with Gasteiger partial charge in [-0.2, -0.15) is 5.10 Å². The van der Waals surface area contributed by atoms with E-state index < -0.39 is 0 Å². The highest BCUT2D eigenvalue weighted by Crippen LogP contribution is 2.21. The van der Waals surface area contributed by atoms with Gasteiger partial charge in [0, 0.05) is 51.3 Å². The van der Waals surface area contributed by atoms with Crippen LogP contribution in [-0.2, 0) is 17.9 Å². The minimum absolute atomic E-state index is 0.115. The number of hydrogen-bond donors (Lipinski definition) is 1. The highest BCUT2D eigenvalue weighted by atomic mass is 32.1. The molecular formula is C25H30FN5O2S. The molecule has 1 N–H and O–H groups in total. The van der Waals surface area contributed by atoms with Crippen molar-refractivity contribution in [1.82, 2.24) is 24.6 Å². The van der Waals surface area contributed by atoms with Crippen LogP contribution in [0.1, 0.15) is 25.3 Å². The van der Waals surface area contributed by atoms with Gasteiger partial charge >= 0.3 is 0 Å². The van der Waals surface area contributed by atoms with Crippen LogP contribution >= 0.6 is 12.2 Å². The van der Waals surface area contributed by atoms with E-state index in [1.54, 1.807) is 0 Å². The van der Waals surface area contributed by atoms with Crippen molar-refractivity contribution < 1.29 is 13.9 Å². The standard InChI is InChI=1S/C25H30FN5O2S/c1-2-33-22-10-6-20(7-11-22)24-27-28-25(34)31(24)15-12-23(32)30-14-3-13-29(16-17-30)18-19-4-8-21(26)9-5-19/h4-11H,2-3,12-18H2,1H3,(H,28,34). The second-order valence-corrected chi connectivity index (χ2v) is 8.74. The van der Waals surface area contributed by atoms with Crippen molar-refractivity contribution >= 4 is 18.1 Å². The second-order valence-electron chi connectivity index (χ2n) is 8.35. The molecule has 2 heterocycles. The topological polar surface area (TPSA) is 66.4 Å². The van der Waals surface area contributed by atoms with E-state index in [9.17, 15) is 9.18 Å². The Kier molecular flexibility index (Phi) is 8.08. The monoisotopic (exact) mass is 483 g/mol. The molecule has 1 aromatic heterocycles. The molecule has 0 spiro atoms. The predicted octanol–water partition coefficient (Wildman–Crippen LogP) is 4.27. The molecule has 0 atom stereocenters. The number of halogens is 1. The highest BCUT2D eigenvalue weighted by Gasteiger charge is 2.20. The molecule has 9 heteroatoms. The number of H-pyrrole nitrogens is 1. The van der Waals surface area contributed by atoms with Gasteiger partial charge in [0.25, 0.3) is 0 Å². The fourth-order valence-corrected chi connectivity index (χ4v) is 4.43. The number of aromatic nitrogens is 3. The Bertz CT molecular complexity index is 1140. The first kappa shape index (κ1) is 24.1. The molecule has 1 saturated heterocycles. The van der Waals surface area contributed by atoms with Gasteiger partial charge in [-0.15, -0.1) is 0 Å². The number of hydrogen-bond acceptors (Lipinski definition) is 5. The van der Waals surface area contributed by atoms with E-state index in [0.717, 1.165) is 49.5 Å². The van der Waals surface area contributed by atoms with Gasteiger partial charge in [-0.25, -0.2) is 4.39 Å². The summed E-state index contributed by atoms with van der Waals surface area (Å²) < 4.78 is 21.0. The lowest BCUT2D eigenvalue weighted by Crippen LogP contribution is -2.35. The summed E-state index contributed by atoms with van der Waals surface area (Å²) in [5.41, 5.74) is 1.99. The first-order valence-corrected chi connectivity index (χ1v) is 12.1. The molecule has 1 amide bonds. The first-order valence-electron chi connectivity index (χ1n) is 11.7. The van der Waals surface area contributed by atoms with E-state index in [1.807, 2.05) is 52.8 Å². The number of nitrogens with zero attached hydrogens (tertiary/aromatic N) is 4. The Morgan fingerprint density at radius 3 is 2.59 bits per heavy atom.